The van der Waals surface area contributed by atoms with Crippen LogP contribution in [0.1, 0.15) is 62.8 Å². The number of amides is 3. The van der Waals surface area contributed by atoms with Gasteiger partial charge in [0, 0.05) is 18.5 Å². The maximum Gasteiger partial charge on any atom is 0.242 e. The summed E-state index contributed by atoms with van der Waals surface area (Å²) in [5.41, 5.74) is 13.8. The smallest absolute Gasteiger partial charge is 0.242 e. The van der Waals surface area contributed by atoms with E-state index >= 15 is 0 Å². The fourth-order valence-corrected chi connectivity index (χ4v) is 4.60. The molecule has 2 atom stereocenters. The molecule has 12 heteroatoms. The number of hydrogen-bond donors (Lipinski definition) is 6. The number of carbonyl (C=O) groups excluding carboxylic acids is 3. The monoisotopic (exact) mass is 572 g/mol. The van der Waals surface area contributed by atoms with Crippen LogP contribution in [0.3, 0.4) is 0 Å². The zero-order chi connectivity index (χ0) is 30.1. The highest BCUT2D eigenvalue weighted by atomic mass is 32.2. The average molecular weight is 573 g/mol. The second-order valence-corrected chi connectivity index (χ2v) is 12.7. The molecule has 2 unspecified atom stereocenters. The molecule has 40 heavy (non-hydrogen) atoms. The van der Waals surface area contributed by atoms with E-state index in [1.807, 2.05) is 24.3 Å². The number of amidine groups is 1. The third-order valence-corrected chi connectivity index (χ3v) is 7.73. The number of hydrogen-bond acceptors (Lipinski definition) is 6. The highest BCUT2D eigenvalue weighted by Gasteiger charge is 2.29. The molecule has 8 N–H and O–H groups in total. The number of nitrogen functional groups attached to an aromatic ring is 1. The first-order chi connectivity index (χ1) is 18.6. The Morgan fingerprint density at radius 2 is 1.48 bits per heavy atom. The molecule has 0 aliphatic carbocycles. The van der Waals surface area contributed by atoms with E-state index in [0.29, 0.717) is 5.56 Å². The van der Waals surface area contributed by atoms with Crippen LogP contribution in [0.4, 0.5) is 0 Å². The van der Waals surface area contributed by atoms with Gasteiger partial charge in [0.15, 0.2) is 0 Å². The predicted molar refractivity (Wildman–Crippen MR) is 155 cm³/mol. The largest absolute Gasteiger partial charge is 0.384 e. The third-order valence-electron chi connectivity index (χ3n) is 6.32. The first-order valence-electron chi connectivity index (χ1n) is 13.0. The Kier molecular flexibility index (Phi) is 11.4. The lowest BCUT2D eigenvalue weighted by atomic mass is 9.86. The molecule has 0 fully saturated rings. The lowest BCUT2D eigenvalue weighted by Crippen LogP contribution is -2.54. The van der Waals surface area contributed by atoms with Crippen LogP contribution in [0.5, 0.6) is 0 Å². The molecule has 0 heterocycles. The lowest BCUT2D eigenvalue weighted by Gasteiger charge is -2.23. The SMILES string of the molecule is CCS(=O)(=O)NC(Cc1ccc(C(C)(C)C)cc1)C(=O)NC(CCC(N)=O)C(=O)NCc1ccc(C(=N)N)cc1. The molecule has 3 amide bonds. The van der Waals surface area contributed by atoms with Gasteiger partial charge in [-0.2, -0.15) is 0 Å². The Morgan fingerprint density at radius 3 is 1.98 bits per heavy atom. The number of rotatable bonds is 14. The van der Waals surface area contributed by atoms with E-state index in [0.717, 1.165) is 16.7 Å². The second-order valence-electron chi connectivity index (χ2n) is 10.6. The minimum atomic E-state index is -3.76. The summed E-state index contributed by atoms with van der Waals surface area (Å²) in [6, 6.07) is 11.9. The van der Waals surface area contributed by atoms with Crippen molar-refractivity contribution in [3.8, 4) is 0 Å². The van der Waals surface area contributed by atoms with Gasteiger partial charge in [-0.1, -0.05) is 69.3 Å². The Bertz CT molecular complexity index is 1300. The zero-order valence-electron chi connectivity index (χ0n) is 23.4. The van der Waals surface area contributed by atoms with E-state index < -0.39 is 39.8 Å². The third kappa shape index (κ3) is 10.4. The number of carbonyl (C=O) groups is 3. The fourth-order valence-electron chi connectivity index (χ4n) is 3.81. The Labute approximate surface area is 236 Å². The topological polar surface area (TPSA) is 197 Å². The van der Waals surface area contributed by atoms with Gasteiger partial charge in [0.2, 0.25) is 27.7 Å². The minimum absolute atomic E-state index is 0.0577. The molecule has 218 valence electrons. The quantitative estimate of drug-likeness (QED) is 0.145. The molecule has 0 bridgehead atoms. The standard InChI is InChI=1S/C28H40N6O5S/c1-5-40(38,39)34-23(16-18-8-12-21(13-9-18)28(2,3)4)27(37)33-22(14-15-24(29)35)26(36)32-17-19-6-10-20(11-7-19)25(30)31/h6-13,22-23,34H,5,14-17H2,1-4H3,(H2,29,35)(H3,30,31)(H,32,36)(H,33,37). The Hall–Kier alpha value is -3.77. The van der Waals surface area contributed by atoms with E-state index in [2.05, 4.69) is 36.1 Å². The summed E-state index contributed by atoms with van der Waals surface area (Å²) in [5.74, 6) is -2.21. The fraction of sp³-hybridized carbons (Fsp3) is 0.429. The van der Waals surface area contributed by atoms with Crippen LogP contribution in [0.15, 0.2) is 48.5 Å². The Morgan fingerprint density at radius 1 is 0.900 bits per heavy atom. The summed E-state index contributed by atoms with van der Waals surface area (Å²) < 4.78 is 27.2. The van der Waals surface area contributed by atoms with Gasteiger partial charge < -0.3 is 22.1 Å². The van der Waals surface area contributed by atoms with E-state index in [-0.39, 0.29) is 42.8 Å². The molecule has 2 rings (SSSR count). The van der Waals surface area contributed by atoms with Crippen molar-refractivity contribution in [2.45, 2.75) is 71.0 Å². The van der Waals surface area contributed by atoms with Crippen LogP contribution in [0.25, 0.3) is 0 Å². The molecule has 11 nitrogen and oxygen atoms in total. The molecule has 2 aromatic rings. The van der Waals surface area contributed by atoms with Crippen molar-refractivity contribution in [1.82, 2.24) is 15.4 Å². The average Bonchev–Trinajstić information content (AvgIpc) is 2.89. The molecule has 0 aromatic heterocycles. The van der Waals surface area contributed by atoms with Crippen molar-refractivity contribution >= 4 is 33.6 Å². The van der Waals surface area contributed by atoms with E-state index in [4.69, 9.17) is 16.9 Å². The van der Waals surface area contributed by atoms with Gasteiger partial charge in [0.25, 0.3) is 0 Å². The molecule has 2 aromatic carbocycles. The predicted octanol–water partition coefficient (Wildman–Crippen LogP) is 1.19. The van der Waals surface area contributed by atoms with Crippen LogP contribution < -0.4 is 26.8 Å². The summed E-state index contributed by atoms with van der Waals surface area (Å²) in [4.78, 5) is 37.8. The minimum Gasteiger partial charge on any atom is -0.384 e. The summed E-state index contributed by atoms with van der Waals surface area (Å²) in [5, 5.41) is 12.8. The summed E-state index contributed by atoms with van der Waals surface area (Å²) in [6.45, 7) is 7.80. The zero-order valence-corrected chi connectivity index (χ0v) is 24.2. The number of benzene rings is 2. The number of nitrogens with two attached hydrogens (primary N) is 2. The van der Waals surface area contributed by atoms with Crippen molar-refractivity contribution in [1.29, 1.82) is 5.41 Å². The van der Waals surface area contributed by atoms with Crippen molar-refractivity contribution in [2.75, 3.05) is 5.75 Å². The van der Waals surface area contributed by atoms with E-state index in [1.54, 1.807) is 24.3 Å². The van der Waals surface area contributed by atoms with Gasteiger partial charge in [-0.25, -0.2) is 13.1 Å². The molecule has 0 saturated heterocycles. The van der Waals surface area contributed by atoms with Gasteiger partial charge in [0.1, 0.15) is 17.9 Å². The molecule has 0 aliphatic heterocycles. The van der Waals surface area contributed by atoms with Crippen LogP contribution in [-0.2, 0) is 42.8 Å². The first kappa shape index (κ1) is 32.4. The number of nitrogens with one attached hydrogen (secondary N) is 4. The highest BCUT2D eigenvalue weighted by Crippen LogP contribution is 2.22. The molecule has 0 spiro atoms. The summed E-state index contributed by atoms with van der Waals surface area (Å²) >= 11 is 0. The van der Waals surface area contributed by atoms with Gasteiger partial charge in [-0.15, -0.1) is 0 Å². The lowest BCUT2D eigenvalue weighted by molar-refractivity contribution is -0.130. The molecular formula is C28H40N6O5S. The van der Waals surface area contributed by atoms with Crippen molar-refractivity contribution in [2.24, 2.45) is 11.5 Å². The van der Waals surface area contributed by atoms with Gasteiger partial charge in [-0.3, -0.25) is 19.8 Å². The molecule has 0 radical (unpaired) electrons. The maximum absolute atomic E-state index is 13.3. The van der Waals surface area contributed by atoms with Gasteiger partial charge in [-0.05, 0) is 41.9 Å². The van der Waals surface area contributed by atoms with Crippen LogP contribution in [0, 0.1) is 5.41 Å². The second kappa shape index (κ2) is 14.0. The van der Waals surface area contributed by atoms with Crippen LogP contribution >= 0.6 is 0 Å². The normalized spacial score (nSPS) is 13.2. The summed E-state index contributed by atoms with van der Waals surface area (Å²) in [6.07, 6.45) is -0.169. The maximum atomic E-state index is 13.3. The van der Waals surface area contributed by atoms with E-state index in [1.165, 1.54) is 6.92 Å². The van der Waals surface area contributed by atoms with E-state index in [9.17, 15) is 22.8 Å². The van der Waals surface area contributed by atoms with Crippen molar-refractivity contribution in [3.05, 3.63) is 70.8 Å². The van der Waals surface area contributed by atoms with Crippen molar-refractivity contribution in [3.63, 3.8) is 0 Å². The highest BCUT2D eigenvalue weighted by molar-refractivity contribution is 7.89. The van der Waals surface area contributed by atoms with Gasteiger partial charge in [0.05, 0.1) is 5.75 Å². The van der Waals surface area contributed by atoms with Crippen LogP contribution in [0.2, 0.25) is 0 Å². The first-order valence-corrected chi connectivity index (χ1v) is 14.7. The van der Waals surface area contributed by atoms with Crippen LogP contribution in [-0.4, -0.2) is 49.8 Å². The molecule has 0 saturated carbocycles. The van der Waals surface area contributed by atoms with Crippen molar-refractivity contribution < 1.29 is 22.8 Å². The van der Waals surface area contributed by atoms with Gasteiger partial charge >= 0.3 is 0 Å². The Balaban J connectivity index is 2.21. The molecular weight excluding hydrogens is 532 g/mol. The molecule has 0 aliphatic rings. The summed E-state index contributed by atoms with van der Waals surface area (Å²) in [7, 11) is -3.76. The number of sulfonamides is 1. The number of primary amides is 1.